The SMILES string of the molecule is COC[C@H](C)NS(=O)(=O)c1ccc(C2CCCCC2)cc1. The first-order chi connectivity index (χ1) is 10.0. The van der Waals surface area contributed by atoms with Crippen molar-refractivity contribution in [2.45, 2.75) is 55.9 Å². The highest BCUT2D eigenvalue weighted by Crippen LogP contribution is 2.32. The van der Waals surface area contributed by atoms with E-state index >= 15 is 0 Å². The molecule has 1 aliphatic rings. The molecule has 0 heterocycles. The van der Waals surface area contributed by atoms with Gasteiger partial charge >= 0.3 is 0 Å². The predicted octanol–water partition coefficient (Wildman–Crippen LogP) is 3.05. The highest BCUT2D eigenvalue weighted by molar-refractivity contribution is 7.89. The molecule has 1 atom stereocenters. The highest BCUT2D eigenvalue weighted by Gasteiger charge is 2.19. The fourth-order valence-electron chi connectivity index (χ4n) is 2.97. The van der Waals surface area contributed by atoms with Crippen LogP contribution in [-0.4, -0.2) is 28.2 Å². The molecule has 0 aromatic heterocycles. The van der Waals surface area contributed by atoms with Gasteiger partial charge in [-0.05, 0) is 43.4 Å². The molecule has 0 saturated heterocycles. The van der Waals surface area contributed by atoms with Crippen molar-refractivity contribution >= 4 is 10.0 Å². The minimum Gasteiger partial charge on any atom is -0.383 e. The van der Waals surface area contributed by atoms with Gasteiger partial charge in [-0.1, -0.05) is 31.4 Å². The van der Waals surface area contributed by atoms with E-state index in [0.29, 0.717) is 17.4 Å². The fourth-order valence-corrected chi connectivity index (χ4v) is 4.20. The smallest absolute Gasteiger partial charge is 0.240 e. The van der Waals surface area contributed by atoms with Crippen LogP contribution in [0, 0.1) is 0 Å². The Labute approximate surface area is 127 Å². The minimum atomic E-state index is -3.46. The van der Waals surface area contributed by atoms with Gasteiger partial charge < -0.3 is 4.74 Å². The molecular formula is C16H25NO3S. The number of hydrogen-bond acceptors (Lipinski definition) is 3. The van der Waals surface area contributed by atoms with Gasteiger partial charge in [0.15, 0.2) is 0 Å². The second kappa shape index (κ2) is 7.38. The molecular weight excluding hydrogens is 286 g/mol. The van der Waals surface area contributed by atoms with Crippen molar-refractivity contribution in [1.29, 1.82) is 0 Å². The Kier molecular flexibility index (Phi) is 5.79. The third-order valence-corrected chi connectivity index (χ3v) is 5.65. The standard InChI is InChI=1S/C16H25NO3S/c1-13(12-20-2)17-21(18,19)16-10-8-15(9-11-16)14-6-4-3-5-7-14/h8-11,13-14,17H,3-7,12H2,1-2H3/t13-/m0/s1. The molecule has 2 rings (SSSR count). The Hall–Kier alpha value is -0.910. The van der Waals surface area contributed by atoms with Gasteiger partial charge in [-0.3, -0.25) is 0 Å². The summed E-state index contributed by atoms with van der Waals surface area (Å²) in [5.74, 6) is 0.593. The summed E-state index contributed by atoms with van der Waals surface area (Å²) in [6.45, 7) is 2.15. The molecule has 1 saturated carbocycles. The van der Waals surface area contributed by atoms with E-state index in [2.05, 4.69) is 4.72 Å². The Morgan fingerprint density at radius 3 is 2.38 bits per heavy atom. The largest absolute Gasteiger partial charge is 0.383 e. The molecule has 1 fully saturated rings. The van der Waals surface area contributed by atoms with E-state index < -0.39 is 10.0 Å². The molecule has 5 heteroatoms. The van der Waals surface area contributed by atoms with E-state index in [-0.39, 0.29) is 6.04 Å². The van der Waals surface area contributed by atoms with Gasteiger partial charge in [0, 0.05) is 13.2 Å². The third kappa shape index (κ3) is 4.53. The Balaban J connectivity index is 2.06. The van der Waals surface area contributed by atoms with E-state index in [1.54, 1.807) is 26.2 Å². The number of methoxy groups -OCH3 is 1. The zero-order valence-electron chi connectivity index (χ0n) is 12.8. The monoisotopic (exact) mass is 311 g/mol. The van der Waals surface area contributed by atoms with Crippen molar-refractivity contribution < 1.29 is 13.2 Å². The van der Waals surface area contributed by atoms with Crippen molar-refractivity contribution in [2.75, 3.05) is 13.7 Å². The van der Waals surface area contributed by atoms with Crippen LogP contribution in [-0.2, 0) is 14.8 Å². The van der Waals surface area contributed by atoms with Crippen LogP contribution >= 0.6 is 0 Å². The summed E-state index contributed by atoms with van der Waals surface area (Å²) in [6, 6.07) is 7.12. The predicted molar refractivity (Wildman–Crippen MR) is 83.9 cm³/mol. The van der Waals surface area contributed by atoms with Crippen molar-refractivity contribution in [3.8, 4) is 0 Å². The summed E-state index contributed by atoms with van der Waals surface area (Å²) in [4.78, 5) is 0.324. The first-order valence-electron chi connectivity index (χ1n) is 7.64. The molecule has 0 radical (unpaired) electrons. The Bertz CT molecular complexity index is 533. The summed E-state index contributed by atoms with van der Waals surface area (Å²) in [6.07, 6.45) is 6.32. The van der Waals surface area contributed by atoms with Crippen LogP contribution in [0.15, 0.2) is 29.2 Å². The van der Waals surface area contributed by atoms with E-state index in [9.17, 15) is 8.42 Å². The number of benzene rings is 1. The topological polar surface area (TPSA) is 55.4 Å². The lowest BCUT2D eigenvalue weighted by atomic mass is 9.84. The Morgan fingerprint density at radius 2 is 1.81 bits per heavy atom. The lowest BCUT2D eigenvalue weighted by molar-refractivity contribution is 0.180. The summed E-state index contributed by atoms with van der Waals surface area (Å²) in [7, 11) is -1.90. The molecule has 21 heavy (non-hydrogen) atoms. The number of nitrogens with one attached hydrogen (secondary N) is 1. The van der Waals surface area contributed by atoms with Gasteiger partial charge in [-0.25, -0.2) is 13.1 Å². The number of hydrogen-bond donors (Lipinski definition) is 1. The number of ether oxygens (including phenoxy) is 1. The van der Waals surface area contributed by atoms with E-state index in [1.807, 2.05) is 12.1 Å². The molecule has 0 aliphatic heterocycles. The molecule has 1 aromatic carbocycles. The summed E-state index contributed by atoms with van der Waals surface area (Å²) >= 11 is 0. The molecule has 4 nitrogen and oxygen atoms in total. The second-order valence-electron chi connectivity index (χ2n) is 5.88. The van der Waals surface area contributed by atoms with Crippen LogP contribution in [0.5, 0.6) is 0 Å². The molecule has 1 aliphatic carbocycles. The fraction of sp³-hybridized carbons (Fsp3) is 0.625. The first-order valence-corrected chi connectivity index (χ1v) is 9.12. The molecule has 0 bridgehead atoms. The average molecular weight is 311 g/mol. The maximum atomic E-state index is 12.2. The van der Waals surface area contributed by atoms with Gasteiger partial charge in [-0.15, -0.1) is 0 Å². The maximum absolute atomic E-state index is 12.2. The van der Waals surface area contributed by atoms with Crippen molar-refractivity contribution in [1.82, 2.24) is 4.72 Å². The molecule has 0 spiro atoms. The minimum absolute atomic E-state index is 0.238. The zero-order valence-corrected chi connectivity index (χ0v) is 13.7. The van der Waals surface area contributed by atoms with E-state index in [1.165, 1.54) is 37.7 Å². The molecule has 1 aromatic rings. The molecule has 118 valence electrons. The number of rotatable bonds is 6. The van der Waals surface area contributed by atoms with Crippen LogP contribution < -0.4 is 4.72 Å². The zero-order chi connectivity index (χ0) is 15.3. The van der Waals surface area contributed by atoms with Gasteiger partial charge in [0.2, 0.25) is 10.0 Å². The highest BCUT2D eigenvalue weighted by atomic mass is 32.2. The summed E-state index contributed by atoms with van der Waals surface area (Å²) < 4.78 is 32.1. The molecule has 0 amide bonds. The maximum Gasteiger partial charge on any atom is 0.240 e. The third-order valence-electron chi connectivity index (χ3n) is 4.04. The van der Waals surface area contributed by atoms with Crippen LogP contribution in [0.25, 0.3) is 0 Å². The van der Waals surface area contributed by atoms with E-state index in [4.69, 9.17) is 4.74 Å². The quantitative estimate of drug-likeness (QED) is 0.878. The van der Waals surface area contributed by atoms with Gasteiger partial charge in [-0.2, -0.15) is 0 Å². The van der Waals surface area contributed by atoms with Crippen LogP contribution in [0.3, 0.4) is 0 Å². The second-order valence-corrected chi connectivity index (χ2v) is 7.60. The normalized spacial score (nSPS) is 18.6. The summed E-state index contributed by atoms with van der Waals surface area (Å²) in [5, 5.41) is 0. The van der Waals surface area contributed by atoms with Crippen molar-refractivity contribution in [3.05, 3.63) is 29.8 Å². The van der Waals surface area contributed by atoms with Gasteiger partial charge in [0.1, 0.15) is 0 Å². The number of sulfonamides is 1. The van der Waals surface area contributed by atoms with Crippen molar-refractivity contribution in [2.24, 2.45) is 0 Å². The van der Waals surface area contributed by atoms with Crippen molar-refractivity contribution in [3.63, 3.8) is 0 Å². The molecule has 0 unspecified atom stereocenters. The lowest BCUT2D eigenvalue weighted by Gasteiger charge is -2.22. The van der Waals surface area contributed by atoms with Crippen LogP contribution in [0.4, 0.5) is 0 Å². The lowest BCUT2D eigenvalue weighted by Crippen LogP contribution is -2.35. The average Bonchev–Trinajstić information content (AvgIpc) is 2.48. The van der Waals surface area contributed by atoms with Crippen LogP contribution in [0.1, 0.15) is 50.5 Å². The molecule has 1 N–H and O–H groups in total. The first kappa shape index (κ1) is 16.5. The van der Waals surface area contributed by atoms with Gasteiger partial charge in [0.25, 0.3) is 0 Å². The Morgan fingerprint density at radius 1 is 1.19 bits per heavy atom. The van der Waals surface area contributed by atoms with E-state index in [0.717, 1.165) is 0 Å². The van der Waals surface area contributed by atoms with Gasteiger partial charge in [0.05, 0.1) is 11.5 Å². The summed E-state index contributed by atoms with van der Waals surface area (Å²) in [5.41, 5.74) is 1.26. The van der Waals surface area contributed by atoms with Crippen LogP contribution in [0.2, 0.25) is 0 Å².